The van der Waals surface area contributed by atoms with E-state index in [9.17, 15) is 4.79 Å². The average Bonchev–Trinajstić information content (AvgIpc) is 2.63. The summed E-state index contributed by atoms with van der Waals surface area (Å²) in [5, 5.41) is 2.89. The van der Waals surface area contributed by atoms with Crippen molar-refractivity contribution in [2.45, 2.75) is 20.0 Å². The van der Waals surface area contributed by atoms with Crippen molar-refractivity contribution in [2.75, 3.05) is 43.4 Å². The number of nitrogens with zero attached hydrogens (tertiary/aromatic N) is 3. The second kappa shape index (κ2) is 8.19. The molecule has 2 heterocycles. The van der Waals surface area contributed by atoms with Crippen molar-refractivity contribution in [1.29, 1.82) is 0 Å². The molecule has 3 rings (SSSR count). The molecule has 6 heteroatoms. The number of carbonyl (C=O) groups is 1. The molecule has 1 N–H and O–H groups in total. The molecule has 1 aromatic heterocycles. The number of carbonyl (C=O) groups excluding carboxylic acids is 1. The Bertz CT molecular complexity index is 738. The quantitative estimate of drug-likeness (QED) is 0.895. The second-order valence-corrected chi connectivity index (χ2v) is 6.83. The Morgan fingerprint density at radius 1 is 1.12 bits per heavy atom. The van der Waals surface area contributed by atoms with Gasteiger partial charge in [-0.05, 0) is 57.3 Å². The summed E-state index contributed by atoms with van der Waals surface area (Å²) in [6.45, 7) is 7.92. The Kier molecular flexibility index (Phi) is 5.73. The van der Waals surface area contributed by atoms with E-state index in [1.807, 2.05) is 50.2 Å². The third-order valence-corrected chi connectivity index (χ3v) is 4.33. The molecule has 138 valence electrons. The molecule has 1 saturated heterocycles. The standard InChI is InChI=1S/C20H26N4O2/c1-15(2)26-18-6-4-16(5-7-18)22-20(25)19-14-17(8-9-21-19)24-12-10-23(3)11-13-24/h4-9,14-15H,10-13H2,1-3H3,(H,22,25). The highest BCUT2D eigenvalue weighted by Crippen LogP contribution is 2.19. The molecule has 1 aromatic carbocycles. The summed E-state index contributed by atoms with van der Waals surface area (Å²) in [5.74, 6) is 0.576. The average molecular weight is 354 g/mol. The molecule has 0 spiro atoms. The molecular weight excluding hydrogens is 328 g/mol. The Balaban J connectivity index is 1.65. The van der Waals surface area contributed by atoms with Crippen LogP contribution in [0.4, 0.5) is 11.4 Å². The van der Waals surface area contributed by atoms with E-state index in [4.69, 9.17) is 4.74 Å². The lowest BCUT2D eigenvalue weighted by atomic mass is 10.2. The van der Waals surface area contributed by atoms with Crippen LogP contribution in [0.1, 0.15) is 24.3 Å². The van der Waals surface area contributed by atoms with Gasteiger partial charge in [-0.3, -0.25) is 9.78 Å². The highest BCUT2D eigenvalue weighted by atomic mass is 16.5. The van der Waals surface area contributed by atoms with E-state index in [1.54, 1.807) is 6.20 Å². The zero-order valence-corrected chi connectivity index (χ0v) is 15.6. The molecule has 2 aromatic rings. The normalized spacial score (nSPS) is 15.2. The van der Waals surface area contributed by atoms with Gasteiger partial charge in [-0.15, -0.1) is 0 Å². The van der Waals surface area contributed by atoms with Crippen molar-refractivity contribution in [3.05, 3.63) is 48.3 Å². The zero-order chi connectivity index (χ0) is 18.5. The number of hydrogen-bond acceptors (Lipinski definition) is 5. The number of aromatic nitrogens is 1. The number of rotatable bonds is 5. The highest BCUT2D eigenvalue weighted by molar-refractivity contribution is 6.03. The van der Waals surface area contributed by atoms with Gasteiger partial charge in [-0.1, -0.05) is 0 Å². The molecule has 0 aliphatic carbocycles. The maximum atomic E-state index is 12.5. The largest absolute Gasteiger partial charge is 0.491 e. The van der Waals surface area contributed by atoms with Crippen LogP contribution in [0.5, 0.6) is 5.75 Å². The van der Waals surface area contributed by atoms with Crippen LogP contribution in [0.2, 0.25) is 0 Å². The molecule has 0 radical (unpaired) electrons. The van der Waals surface area contributed by atoms with Gasteiger partial charge in [-0.25, -0.2) is 0 Å². The molecule has 0 unspecified atom stereocenters. The number of ether oxygens (including phenoxy) is 1. The third kappa shape index (κ3) is 4.73. The van der Waals surface area contributed by atoms with Gasteiger partial charge in [0.15, 0.2) is 0 Å². The predicted molar refractivity (Wildman–Crippen MR) is 104 cm³/mol. The van der Waals surface area contributed by atoms with Gasteiger partial charge in [0, 0.05) is 43.8 Å². The Hall–Kier alpha value is -2.60. The third-order valence-electron chi connectivity index (χ3n) is 4.33. The topological polar surface area (TPSA) is 57.7 Å². The van der Waals surface area contributed by atoms with Gasteiger partial charge < -0.3 is 19.9 Å². The molecule has 6 nitrogen and oxygen atoms in total. The molecular formula is C20H26N4O2. The fraction of sp³-hybridized carbons (Fsp3) is 0.400. The van der Waals surface area contributed by atoms with E-state index in [1.165, 1.54) is 0 Å². The summed E-state index contributed by atoms with van der Waals surface area (Å²) in [6.07, 6.45) is 1.82. The van der Waals surface area contributed by atoms with Gasteiger partial charge in [0.05, 0.1) is 6.10 Å². The lowest BCUT2D eigenvalue weighted by Crippen LogP contribution is -2.44. The summed E-state index contributed by atoms with van der Waals surface area (Å²) in [5.41, 5.74) is 2.18. The van der Waals surface area contributed by atoms with Gasteiger partial charge in [-0.2, -0.15) is 0 Å². The monoisotopic (exact) mass is 354 g/mol. The van der Waals surface area contributed by atoms with Crippen LogP contribution >= 0.6 is 0 Å². The first-order chi connectivity index (χ1) is 12.5. The number of amides is 1. The van der Waals surface area contributed by atoms with Crippen molar-refractivity contribution < 1.29 is 9.53 Å². The second-order valence-electron chi connectivity index (χ2n) is 6.83. The Morgan fingerprint density at radius 3 is 2.46 bits per heavy atom. The van der Waals surface area contributed by atoms with E-state index in [0.29, 0.717) is 5.69 Å². The summed E-state index contributed by atoms with van der Waals surface area (Å²) in [6, 6.07) is 11.2. The fourth-order valence-electron chi connectivity index (χ4n) is 2.89. The van der Waals surface area contributed by atoms with E-state index >= 15 is 0 Å². The molecule has 1 aliphatic heterocycles. The van der Waals surface area contributed by atoms with Crippen LogP contribution in [-0.2, 0) is 0 Å². The van der Waals surface area contributed by atoms with Crippen LogP contribution in [0, 0.1) is 0 Å². The summed E-state index contributed by atoms with van der Waals surface area (Å²) >= 11 is 0. The first-order valence-electron chi connectivity index (χ1n) is 8.99. The van der Waals surface area contributed by atoms with Gasteiger partial charge in [0.2, 0.25) is 0 Å². The highest BCUT2D eigenvalue weighted by Gasteiger charge is 2.16. The van der Waals surface area contributed by atoms with Crippen LogP contribution in [0.3, 0.4) is 0 Å². The lowest BCUT2D eigenvalue weighted by molar-refractivity contribution is 0.102. The van der Waals surface area contributed by atoms with Crippen LogP contribution < -0.4 is 15.0 Å². The number of likely N-dealkylation sites (N-methyl/N-ethyl adjacent to an activating group) is 1. The van der Waals surface area contributed by atoms with E-state index < -0.39 is 0 Å². The van der Waals surface area contributed by atoms with Crippen molar-refractivity contribution >= 4 is 17.3 Å². The smallest absolute Gasteiger partial charge is 0.274 e. The minimum atomic E-state index is -0.210. The summed E-state index contributed by atoms with van der Waals surface area (Å²) in [7, 11) is 2.13. The number of anilines is 2. The van der Waals surface area contributed by atoms with Gasteiger partial charge in [0.25, 0.3) is 5.91 Å². The first-order valence-corrected chi connectivity index (χ1v) is 8.99. The predicted octanol–water partition coefficient (Wildman–Crippen LogP) is 2.87. The number of pyridine rings is 1. The van der Waals surface area contributed by atoms with Gasteiger partial charge in [0.1, 0.15) is 11.4 Å². The van der Waals surface area contributed by atoms with Crippen LogP contribution in [-0.4, -0.2) is 55.1 Å². The van der Waals surface area contributed by atoms with E-state index in [2.05, 4.69) is 27.1 Å². The minimum absolute atomic E-state index is 0.122. The number of nitrogens with one attached hydrogen (secondary N) is 1. The molecule has 0 atom stereocenters. The molecule has 1 amide bonds. The molecule has 0 saturated carbocycles. The molecule has 26 heavy (non-hydrogen) atoms. The zero-order valence-electron chi connectivity index (χ0n) is 15.6. The van der Waals surface area contributed by atoms with Crippen LogP contribution in [0.25, 0.3) is 0 Å². The number of hydrogen-bond donors (Lipinski definition) is 1. The maximum absolute atomic E-state index is 12.5. The van der Waals surface area contributed by atoms with Gasteiger partial charge >= 0.3 is 0 Å². The van der Waals surface area contributed by atoms with Crippen molar-refractivity contribution in [3.63, 3.8) is 0 Å². The van der Waals surface area contributed by atoms with E-state index in [0.717, 1.165) is 43.3 Å². The Labute approximate surface area is 154 Å². The van der Waals surface area contributed by atoms with Crippen LogP contribution in [0.15, 0.2) is 42.6 Å². The molecule has 1 fully saturated rings. The molecule has 1 aliphatic rings. The number of piperazine rings is 1. The molecule has 0 bridgehead atoms. The van der Waals surface area contributed by atoms with Crippen molar-refractivity contribution in [3.8, 4) is 5.75 Å². The van der Waals surface area contributed by atoms with Crippen molar-refractivity contribution in [2.24, 2.45) is 0 Å². The summed E-state index contributed by atoms with van der Waals surface area (Å²) < 4.78 is 5.62. The first kappa shape index (κ1) is 18.2. The number of benzene rings is 1. The maximum Gasteiger partial charge on any atom is 0.274 e. The lowest BCUT2D eigenvalue weighted by Gasteiger charge is -2.34. The minimum Gasteiger partial charge on any atom is -0.491 e. The fourth-order valence-corrected chi connectivity index (χ4v) is 2.89. The van der Waals surface area contributed by atoms with Crippen molar-refractivity contribution in [1.82, 2.24) is 9.88 Å². The summed E-state index contributed by atoms with van der Waals surface area (Å²) in [4.78, 5) is 21.4. The Morgan fingerprint density at radius 2 is 1.81 bits per heavy atom. The van der Waals surface area contributed by atoms with E-state index in [-0.39, 0.29) is 12.0 Å². The SMILES string of the molecule is CC(C)Oc1ccc(NC(=O)c2cc(N3CCN(C)CC3)ccn2)cc1.